The van der Waals surface area contributed by atoms with Crippen molar-refractivity contribution in [2.75, 3.05) is 19.6 Å². The Kier molecular flexibility index (Phi) is 4.71. The molecule has 0 bridgehead atoms. The molecule has 0 amide bonds. The second-order valence-corrected chi connectivity index (χ2v) is 4.54. The van der Waals surface area contributed by atoms with Gasteiger partial charge in [0.25, 0.3) is 0 Å². The van der Waals surface area contributed by atoms with E-state index in [0.29, 0.717) is 12.5 Å². The summed E-state index contributed by atoms with van der Waals surface area (Å²) in [5.74, 6) is 0.224. The third-order valence-electron chi connectivity index (χ3n) is 3.18. The van der Waals surface area contributed by atoms with Gasteiger partial charge < -0.3 is 10.6 Å². The highest BCUT2D eigenvalue weighted by atomic mass is 16.1. The lowest BCUT2D eigenvalue weighted by molar-refractivity contribution is 0.0981. The summed E-state index contributed by atoms with van der Waals surface area (Å²) in [6.07, 6.45) is 3.03. The minimum atomic E-state index is 0.224. The second-order valence-electron chi connectivity index (χ2n) is 4.54. The lowest BCUT2D eigenvalue weighted by Gasteiger charge is -2.23. The minimum Gasteiger partial charge on any atom is -0.315 e. The SMILES string of the molecule is O=C(CCN[C@H]1CCCNC1)c1ccccc1. The van der Waals surface area contributed by atoms with Crippen LogP contribution in [0.1, 0.15) is 29.6 Å². The van der Waals surface area contributed by atoms with Gasteiger partial charge in [0.05, 0.1) is 0 Å². The molecule has 3 heteroatoms. The molecule has 17 heavy (non-hydrogen) atoms. The molecule has 0 saturated carbocycles. The monoisotopic (exact) mass is 232 g/mol. The van der Waals surface area contributed by atoms with Crippen LogP contribution < -0.4 is 10.6 Å². The summed E-state index contributed by atoms with van der Waals surface area (Å²) in [7, 11) is 0. The summed E-state index contributed by atoms with van der Waals surface area (Å²) in [5, 5.41) is 6.80. The molecule has 1 aromatic rings. The molecule has 92 valence electrons. The highest BCUT2D eigenvalue weighted by molar-refractivity contribution is 5.96. The number of nitrogens with one attached hydrogen (secondary N) is 2. The van der Waals surface area contributed by atoms with Crippen LogP contribution >= 0.6 is 0 Å². The molecule has 1 heterocycles. The molecule has 1 aromatic carbocycles. The first-order valence-corrected chi connectivity index (χ1v) is 6.38. The number of rotatable bonds is 5. The van der Waals surface area contributed by atoms with Crippen LogP contribution in [0.2, 0.25) is 0 Å². The fourth-order valence-electron chi connectivity index (χ4n) is 2.18. The number of carbonyl (C=O) groups is 1. The molecule has 0 spiro atoms. The van der Waals surface area contributed by atoms with Gasteiger partial charge in [0.2, 0.25) is 0 Å². The largest absolute Gasteiger partial charge is 0.315 e. The summed E-state index contributed by atoms with van der Waals surface area (Å²) >= 11 is 0. The summed E-state index contributed by atoms with van der Waals surface area (Å²) in [5.41, 5.74) is 0.816. The van der Waals surface area contributed by atoms with Crippen molar-refractivity contribution in [3.8, 4) is 0 Å². The number of Topliss-reactive ketones (excluding diaryl/α,β-unsaturated/α-hetero) is 1. The Morgan fingerprint density at radius 2 is 2.18 bits per heavy atom. The second kappa shape index (κ2) is 6.52. The van der Waals surface area contributed by atoms with E-state index in [2.05, 4.69) is 10.6 Å². The van der Waals surface area contributed by atoms with Crippen molar-refractivity contribution in [2.45, 2.75) is 25.3 Å². The third kappa shape index (κ3) is 3.95. The zero-order valence-electron chi connectivity index (χ0n) is 10.1. The first-order valence-electron chi connectivity index (χ1n) is 6.38. The van der Waals surface area contributed by atoms with Crippen molar-refractivity contribution in [2.24, 2.45) is 0 Å². The summed E-state index contributed by atoms with van der Waals surface area (Å²) in [6, 6.07) is 10.0. The van der Waals surface area contributed by atoms with Gasteiger partial charge in [0.15, 0.2) is 5.78 Å². The standard InChI is InChI=1S/C14H20N2O/c17-14(12-5-2-1-3-6-12)8-10-16-13-7-4-9-15-11-13/h1-3,5-6,13,15-16H,4,7-11H2/t13-/m0/s1. The molecule has 2 N–H and O–H groups in total. The van der Waals surface area contributed by atoms with E-state index >= 15 is 0 Å². The average molecular weight is 232 g/mol. The van der Waals surface area contributed by atoms with Crippen molar-refractivity contribution in [1.82, 2.24) is 10.6 Å². The van der Waals surface area contributed by atoms with Crippen LogP contribution in [-0.2, 0) is 0 Å². The first-order chi connectivity index (χ1) is 8.36. The summed E-state index contributed by atoms with van der Waals surface area (Å²) < 4.78 is 0. The molecule has 1 saturated heterocycles. The molecule has 0 unspecified atom stereocenters. The molecule has 2 rings (SSSR count). The van der Waals surface area contributed by atoms with Gasteiger partial charge >= 0.3 is 0 Å². The van der Waals surface area contributed by atoms with E-state index in [1.165, 1.54) is 12.8 Å². The fraction of sp³-hybridized carbons (Fsp3) is 0.500. The molecular formula is C14H20N2O. The van der Waals surface area contributed by atoms with Crippen molar-refractivity contribution in [3.63, 3.8) is 0 Å². The Morgan fingerprint density at radius 1 is 1.35 bits per heavy atom. The van der Waals surface area contributed by atoms with Crippen molar-refractivity contribution < 1.29 is 4.79 Å². The fourth-order valence-corrected chi connectivity index (χ4v) is 2.18. The van der Waals surface area contributed by atoms with Crippen LogP contribution in [0.4, 0.5) is 0 Å². The number of ketones is 1. The van der Waals surface area contributed by atoms with Gasteiger partial charge in [-0.3, -0.25) is 4.79 Å². The number of hydrogen-bond acceptors (Lipinski definition) is 3. The molecule has 1 fully saturated rings. The normalized spacial score (nSPS) is 20.1. The van der Waals surface area contributed by atoms with E-state index < -0.39 is 0 Å². The molecule has 1 aliphatic heterocycles. The van der Waals surface area contributed by atoms with Crippen LogP contribution in [0.3, 0.4) is 0 Å². The predicted molar refractivity (Wildman–Crippen MR) is 69.3 cm³/mol. The van der Waals surface area contributed by atoms with E-state index in [-0.39, 0.29) is 5.78 Å². The van der Waals surface area contributed by atoms with E-state index in [1.54, 1.807) is 0 Å². The van der Waals surface area contributed by atoms with Gasteiger partial charge in [0, 0.05) is 31.1 Å². The van der Waals surface area contributed by atoms with Crippen LogP contribution in [0.15, 0.2) is 30.3 Å². The third-order valence-corrected chi connectivity index (χ3v) is 3.18. The predicted octanol–water partition coefficient (Wildman–Crippen LogP) is 1.60. The van der Waals surface area contributed by atoms with Gasteiger partial charge in [-0.25, -0.2) is 0 Å². The Bertz CT molecular complexity index is 344. The van der Waals surface area contributed by atoms with E-state index in [9.17, 15) is 4.79 Å². The summed E-state index contributed by atoms with van der Waals surface area (Å²) in [4.78, 5) is 11.8. The van der Waals surface area contributed by atoms with E-state index in [0.717, 1.165) is 25.2 Å². The molecule has 3 nitrogen and oxygen atoms in total. The average Bonchev–Trinajstić information content (AvgIpc) is 2.41. The number of carbonyl (C=O) groups excluding carboxylic acids is 1. The van der Waals surface area contributed by atoms with Crippen molar-refractivity contribution in [1.29, 1.82) is 0 Å². The smallest absolute Gasteiger partial charge is 0.164 e. The van der Waals surface area contributed by atoms with Crippen LogP contribution in [0.25, 0.3) is 0 Å². The maximum Gasteiger partial charge on any atom is 0.164 e. The first kappa shape index (κ1) is 12.3. The maximum absolute atomic E-state index is 11.8. The molecule has 1 atom stereocenters. The van der Waals surface area contributed by atoms with E-state index in [4.69, 9.17) is 0 Å². The highest BCUT2D eigenvalue weighted by Gasteiger charge is 2.12. The van der Waals surface area contributed by atoms with Crippen molar-refractivity contribution >= 4 is 5.78 Å². The molecular weight excluding hydrogens is 212 g/mol. The molecule has 0 radical (unpaired) electrons. The van der Waals surface area contributed by atoms with Gasteiger partial charge in [0.1, 0.15) is 0 Å². The van der Waals surface area contributed by atoms with Crippen molar-refractivity contribution in [3.05, 3.63) is 35.9 Å². The van der Waals surface area contributed by atoms with Crippen LogP contribution in [0.5, 0.6) is 0 Å². The lowest BCUT2D eigenvalue weighted by atomic mass is 10.1. The number of piperidine rings is 1. The quantitative estimate of drug-likeness (QED) is 0.758. The maximum atomic E-state index is 11.8. The Labute approximate surface area is 103 Å². The van der Waals surface area contributed by atoms with Gasteiger partial charge in [-0.2, -0.15) is 0 Å². The number of hydrogen-bond donors (Lipinski definition) is 2. The lowest BCUT2D eigenvalue weighted by Crippen LogP contribution is -2.43. The van der Waals surface area contributed by atoms with Crippen LogP contribution in [-0.4, -0.2) is 31.5 Å². The Hall–Kier alpha value is -1.19. The summed E-state index contributed by atoms with van der Waals surface area (Å²) in [6.45, 7) is 2.93. The highest BCUT2D eigenvalue weighted by Crippen LogP contribution is 2.04. The molecule has 0 aromatic heterocycles. The van der Waals surface area contributed by atoms with Gasteiger partial charge in [-0.05, 0) is 19.4 Å². The molecule has 1 aliphatic rings. The van der Waals surface area contributed by atoms with Crippen LogP contribution in [0, 0.1) is 0 Å². The zero-order valence-corrected chi connectivity index (χ0v) is 10.1. The zero-order chi connectivity index (χ0) is 11.9. The minimum absolute atomic E-state index is 0.224. The van der Waals surface area contributed by atoms with Gasteiger partial charge in [-0.1, -0.05) is 30.3 Å². The van der Waals surface area contributed by atoms with Gasteiger partial charge in [-0.15, -0.1) is 0 Å². The Morgan fingerprint density at radius 3 is 2.88 bits per heavy atom. The number of benzene rings is 1. The Balaban J connectivity index is 1.69. The topological polar surface area (TPSA) is 41.1 Å². The van der Waals surface area contributed by atoms with E-state index in [1.807, 2.05) is 30.3 Å². The molecule has 0 aliphatic carbocycles.